The molecule has 39 heavy (non-hydrogen) atoms. The number of nitrogens with one attached hydrogen (secondary N) is 1. The average molecular weight is 583 g/mol. The largest absolute Gasteiger partial charge is 0.324 e. The van der Waals surface area contributed by atoms with Crippen molar-refractivity contribution in [2.45, 2.75) is 25.3 Å². The molecule has 1 aliphatic heterocycles. The number of rotatable bonds is 6. The standard InChI is InChI=1S/C29H27BrN8O/c1-37-12-2-3-21(17-37)19-4-6-24(7-5-19)35-29-32-14-22-13-26(30)28(39)38(27(22)36-29)18-23-15-33-34-16-25(23)20-8-10-31-11-9-20/h4-11,13-16,21H,2-3,12,17-18H2,1H3,(H,32,35,36). The summed E-state index contributed by atoms with van der Waals surface area (Å²) in [5.41, 5.74) is 5.25. The van der Waals surface area contributed by atoms with Gasteiger partial charge in [-0.15, -0.1) is 0 Å². The first-order valence-electron chi connectivity index (χ1n) is 12.9. The molecular weight excluding hydrogens is 556 g/mol. The summed E-state index contributed by atoms with van der Waals surface area (Å²) in [6.45, 7) is 2.52. The Morgan fingerprint density at radius 1 is 1.05 bits per heavy atom. The van der Waals surface area contributed by atoms with Crippen molar-refractivity contribution in [3.8, 4) is 11.1 Å². The molecular formula is C29H27BrN8O. The van der Waals surface area contributed by atoms with Crippen LogP contribution < -0.4 is 10.9 Å². The lowest BCUT2D eigenvalue weighted by Crippen LogP contribution is -2.30. The highest BCUT2D eigenvalue weighted by Gasteiger charge is 2.19. The monoisotopic (exact) mass is 582 g/mol. The number of nitrogens with zero attached hydrogens (tertiary/aromatic N) is 7. The second-order valence-corrected chi connectivity index (χ2v) is 10.7. The van der Waals surface area contributed by atoms with E-state index in [0.29, 0.717) is 22.0 Å². The number of anilines is 2. The summed E-state index contributed by atoms with van der Waals surface area (Å²) in [6.07, 6.45) is 11.0. The highest BCUT2D eigenvalue weighted by molar-refractivity contribution is 9.10. The van der Waals surface area contributed by atoms with Crippen molar-refractivity contribution in [1.29, 1.82) is 0 Å². The van der Waals surface area contributed by atoms with Gasteiger partial charge in [-0.2, -0.15) is 15.2 Å². The number of fused-ring (bicyclic) bond motifs is 1. The Bertz CT molecular complexity index is 1670. The third-order valence-corrected chi connectivity index (χ3v) is 7.75. The quantitative estimate of drug-likeness (QED) is 0.298. The Morgan fingerprint density at radius 3 is 2.64 bits per heavy atom. The average Bonchev–Trinajstić information content (AvgIpc) is 2.97. The summed E-state index contributed by atoms with van der Waals surface area (Å²) in [6, 6.07) is 14.1. The molecule has 0 aliphatic carbocycles. The van der Waals surface area contributed by atoms with Crippen molar-refractivity contribution in [1.82, 2.24) is 34.6 Å². The van der Waals surface area contributed by atoms with E-state index in [4.69, 9.17) is 4.98 Å². The number of likely N-dealkylation sites (N-methyl/N-ethyl adjacent to an activating group) is 1. The van der Waals surface area contributed by atoms with Gasteiger partial charge in [0.2, 0.25) is 5.95 Å². The molecule has 0 bridgehead atoms. The van der Waals surface area contributed by atoms with Crippen LogP contribution in [0.2, 0.25) is 0 Å². The van der Waals surface area contributed by atoms with Crippen LogP contribution in [0.25, 0.3) is 22.2 Å². The van der Waals surface area contributed by atoms with E-state index in [9.17, 15) is 4.79 Å². The number of pyridine rings is 2. The summed E-state index contributed by atoms with van der Waals surface area (Å²) >= 11 is 3.42. The molecule has 1 unspecified atom stereocenters. The summed E-state index contributed by atoms with van der Waals surface area (Å²) < 4.78 is 2.08. The van der Waals surface area contributed by atoms with Gasteiger partial charge >= 0.3 is 0 Å². The van der Waals surface area contributed by atoms with Gasteiger partial charge in [-0.1, -0.05) is 12.1 Å². The van der Waals surface area contributed by atoms with Crippen LogP contribution in [0.3, 0.4) is 0 Å². The summed E-state index contributed by atoms with van der Waals surface area (Å²) in [7, 11) is 2.18. The molecule has 4 aromatic heterocycles. The van der Waals surface area contributed by atoms with Gasteiger partial charge in [-0.25, -0.2) is 4.98 Å². The maximum atomic E-state index is 13.3. The minimum atomic E-state index is -0.188. The molecule has 1 aromatic carbocycles. The van der Waals surface area contributed by atoms with E-state index in [-0.39, 0.29) is 12.1 Å². The molecule has 0 radical (unpaired) electrons. The van der Waals surface area contributed by atoms with E-state index >= 15 is 0 Å². The number of hydrogen-bond acceptors (Lipinski definition) is 8. The number of likely N-dealkylation sites (tertiary alicyclic amines) is 1. The maximum absolute atomic E-state index is 13.3. The minimum absolute atomic E-state index is 0.188. The molecule has 1 aliphatic rings. The van der Waals surface area contributed by atoms with Crippen LogP contribution in [0, 0.1) is 0 Å². The summed E-state index contributed by atoms with van der Waals surface area (Å²) in [4.78, 5) is 29.1. The van der Waals surface area contributed by atoms with Crippen molar-refractivity contribution in [3.05, 3.63) is 99.4 Å². The SMILES string of the molecule is CN1CCCC(c2ccc(Nc3ncc4cc(Br)c(=O)n(Cc5cnncc5-c5ccncc5)c4n3)cc2)C1. The predicted molar refractivity (Wildman–Crippen MR) is 155 cm³/mol. The lowest BCUT2D eigenvalue weighted by Gasteiger charge is -2.30. The Balaban J connectivity index is 1.32. The smallest absolute Gasteiger partial charge is 0.266 e. The second kappa shape index (κ2) is 11.0. The number of aromatic nitrogens is 6. The number of benzene rings is 1. The third kappa shape index (κ3) is 5.43. The predicted octanol–water partition coefficient (Wildman–Crippen LogP) is 5.01. The molecule has 0 spiro atoms. The molecule has 5 aromatic rings. The van der Waals surface area contributed by atoms with E-state index in [1.165, 1.54) is 24.9 Å². The highest BCUT2D eigenvalue weighted by Crippen LogP contribution is 2.28. The van der Waals surface area contributed by atoms with Gasteiger partial charge in [0, 0.05) is 47.3 Å². The van der Waals surface area contributed by atoms with Crippen LogP contribution in [0.5, 0.6) is 0 Å². The number of halogens is 1. The molecule has 196 valence electrons. The van der Waals surface area contributed by atoms with Crippen molar-refractivity contribution in [2.24, 2.45) is 0 Å². The van der Waals surface area contributed by atoms with Gasteiger partial charge in [0.05, 0.1) is 23.4 Å². The highest BCUT2D eigenvalue weighted by atomic mass is 79.9. The van der Waals surface area contributed by atoms with Gasteiger partial charge in [-0.05, 0) is 89.7 Å². The fourth-order valence-corrected chi connectivity index (χ4v) is 5.63. The van der Waals surface area contributed by atoms with Crippen LogP contribution in [0.15, 0.2) is 82.7 Å². The first-order valence-corrected chi connectivity index (χ1v) is 13.7. The fraction of sp³-hybridized carbons (Fsp3) is 0.241. The summed E-state index contributed by atoms with van der Waals surface area (Å²) in [5, 5.41) is 12.2. The Hall–Kier alpha value is -4.02. The van der Waals surface area contributed by atoms with Gasteiger partial charge in [0.25, 0.3) is 5.56 Å². The van der Waals surface area contributed by atoms with Gasteiger partial charge in [0.1, 0.15) is 5.65 Å². The molecule has 1 saturated heterocycles. The Morgan fingerprint density at radius 2 is 1.85 bits per heavy atom. The first kappa shape index (κ1) is 25.3. The molecule has 1 N–H and O–H groups in total. The Labute approximate surface area is 234 Å². The summed E-state index contributed by atoms with van der Waals surface area (Å²) in [5.74, 6) is 0.979. The Kier molecular flexibility index (Phi) is 7.12. The molecule has 1 atom stereocenters. The molecule has 5 heterocycles. The molecule has 10 heteroatoms. The van der Waals surface area contributed by atoms with E-state index < -0.39 is 0 Å². The fourth-order valence-electron chi connectivity index (χ4n) is 5.17. The van der Waals surface area contributed by atoms with E-state index in [1.807, 2.05) is 12.1 Å². The molecule has 0 amide bonds. The lowest BCUT2D eigenvalue weighted by molar-refractivity contribution is 0.251. The van der Waals surface area contributed by atoms with Crippen molar-refractivity contribution in [2.75, 3.05) is 25.5 Å². The van der Waals surface area contributed by atoms with Crippen LogP contribution in [-0.2, 0) is 6.54 Å². The molecule has 6 rings (SSSR count). The van der Waals surface area contributed by atoms with Crippen LogP contribution in [0.1, 0.15) is 29.9 Å². The van der Waals surface area contributed by atoms with Crippen LogP contribution >= 0.6 is 15.9 Å². The zero-order chi connectivity index (χ0) is 26.8. The second-order valence-electron chi connectivity index (χ2n) is 9.87. The normalized spacial score (nSPS) is 15.9. The van der Waals surface area contributed by atoms with Gasteiger partial charge in [0.15, 0.2) is 0 Å². The lowest BCUT2D eigenvalue weighted by atomic mass is 9.91. The van der Waals surface area contributed by atoms with Crippen molar-refractivity contribution >= 4 is 38.6 Å². The minimum Gasteiger partial charge on any atom is -0.324 e. The van der Waals surface area contributed by atoms with E-state index in [2.05, 4.69) is 77.6 Å². The van der Waals surface area contributed by atoms with E-state index in [0.717, 1.165) is 34.3 Å². The van der Waals surface area contributed by atoms with Crippen molar-refractivity contribution < 1.29 is 0 Å². The van der Waals surface area contributed by atoms with Crippen LogP contribution in [-0.4, -0.2) is 54.8 Å². The zero-order valence-corrected chi connectivity index (χ0v) is 23.0. The maximum Gasteiger partial charge on any atom is 0.266 e. The topological polar surface area (TPSA) is 102 Å². The molecule has 1 fully saturated rings. The van der Waals surface area contributed by atoms with Crippen LogP contribution in [0.4, 0.5) is 11.6 Å². The molecule has 0 saturated carbocycles. The number of hydrogen-bond donors (Lipinski definition) is 1. The van der Waals surface area contributed by atoms with Crippen molar-refractivity contribution in [3.63, 3.8) is 0 Å². The number of piperidine rings is 1. The van der Waals surface area contributed by atoms with Gasteiger partial charge in [-0.3, -0.25) is 14.3 Å². The first-order chi connectivity index (χ1) is 19.0. The molecule has 9 nitrogen and oxygen atoms in total. The van der Waals surface area contributed by atoms with Gasteiger partial charge < -0.3 is 10.2 Å². The zero-order valence-electron chi connectivity index (χ0n) is 21.5. The third-order valence-electron chi connectivity index (χ3n) is 7.18. The van der Waals surface area contributed by atoms with E-state index in [1.54, 1.807) is 41.6 Å².